The van der Waals surface area contributed by atoms with Gasteiger partial charge in [-0.25, -0.2) is 9.97 Å². The van der Waals surface area contributed by atoms with Crippen LogP contribution in [0.2, 0.25) is 0 Å². The number of thiazole rings is 2. The molecule has 1 saturated carbocycles. The van der Waals surface area contributed by atoms with E-state index in [0.29, 0.717) is 0 Å². The van der Waals surface area contributed by atoms with Gasteiger partial charge >= 0.3 is 0 Å². The molecule has 1 amide bonds. The summed E-state index contributed by atoms with van der Waals surface area (Å²) < 4.78 is 1.26. The van der Waals surface area contributed by atoms with E-state index in [4.69, 9.17) is 0 Å². The Kier molecular flexibility index (Phi) is 3.84. The maximum atomic E-state index is 11.3. The number of nitrogens with zero attached hydrogens (tertiary/aromatic N) is 3. The first kappa shape index (κ1) is 16.4. The molecule has 1 aliphatic heterocycles. The van der Waals surface area contributed by atoms with Gasteiger partial charge in [0, 0.05) is 36.9 Å². The standard InChI is InChI=1S/C19H20N4OS2/c1-12(24)21-18-22-14-4-8-23(9-5-17(14)26-18)19(6-7-19)13-2-3-16-15(10-13)20-11-25-16/h2-3,10-11H,4-9H2,1H3,(H,21,22,24). The van der Waals surface area contributed by atoms with Crippen molar-refractivity contribution < 1.29 is 4.79 Å². The van der Waals surface area contributed by atoms with Crippen LogP contribution in [0.3, 0.4) is 0 Å². The normalized spacial score (nSPS) is 19.1. The molecule has 26 heavy (non-hydrogen) atoms. The smallest absolute Gasteiger partial charge is 0.223 e. The quantitative estimate of drug-likeness (QED) is 0.746. The van der Waals surface area contributed by atoms with E-state index in [9.17, 15) is 4.79 Å². The topological polar surface area (TPSA) is 58.1 Å². The Morgan fingerprint density at radius 3 is 2.92 bits per heavy atom. The fourth-order valence-corrected chi connectivity index (χ4v) is 5.75. The average Bonchev–Trinajstić information content (AvgIpc) is 3.20. The molecule has 134 valence electrons. The number of hydrogen-bond acceptors (Lipinski definition) is 6. The van der Waals surface area contributed by atoms with Crippen LogP contribution in [0.25, 0.3) is 10.2 Å². The molecule has 2 aliphatic rings. The van der Waals surface area contributed by atoms with E-state index in [1.54, 1.807) is 22.7 Å². The molecule has 0 unspecified atom stereocenters. The number of aromatic nitrogens is 2. The molecular formula is C19H20N4OS2. The molecule has 0 saturated heterocycles. The first-order valence-electron chi connectivity index (χ1n) is 8.99. The molecule has 0 spiro atoms. The van der Waals surface area contributed by atoms with Gasteiger partial charge in [-0.2, -0.15) is 0 Å². The molecule has 3 heterocycles. The van der Waals surface area contributed by atoms with Crippen molar-refractivity contribution in [3.05, 3.63) is 39.8 Å². The number of nitrogens with one attached hydrogen (secondary N) is 1. The maximum absolute atomic E-state index is 11.3. The third-order valence-corrected chi connectivity index (χ3v) is 7.37. The number of rotatable bonds is 3. The average molecular weight is 385 g/mol. The molecule has 0 radical (unpaired) electrons. The third kappa shape index (κ3) is 2.74. The molecule has 1 N–H and O–H groups in total. The summed E-state index contributed by atoms with van der Waals surface area (Å²) in [6, 6.07) is 6.80. The lowest BCUT2D eigenvalue weighted by Gasteiger charge is -2.31. The van der Waals surface area contributed by atoms with Gasteiger partial charge in [0.25, 0.3) is 0 Å². The summed E-state index contributed by atoms with van der Waals surface area (Å²) in [7, 11) is 0. The van der Waals surface area contributed by atoms with Crippen LogP contribution in [0.1, 0.15) is 35.9 Å². The Morgan fingerprint density at radius 1 is 1.27 bits per heavy atom. The molecule has 3 aromatic rings. The lowest BCUT2D eigenvalue weighted by Crippen LogP contribution is -2.37. The van der Waals surface area contributed by atoms with Crippen molar-refractivity contribution >= 4 is 43.9 Å². The largest absolute Gasteiger partial charge is 0.302 e. The fourth-order valence-electron chi connectivity index (χ4n) is 4.05. The van der Waals surface area contributed by atoms with E-state index >= 15 is 0 Å². The minimum atomic E-state index is -0.0510. The number of hydrogen-bond donors (Lipinski definition) is 1. The van der Waals surface area contributed by atoms with Crippen molar-refractivity contribution in [3.63, 3.8) is 0 Å². The highest BCUT2D eigenvalue weighted by molar-refractivity contribution is 7.16. The fraction of sp³-hybridized carbons (Fsp3) is 0.421. The minimum Gasteiger partial charge on any atom is -0.302 e. The first-order chi connectivity index (χ1) is 12.6. The maximum Gasteiger partial charge on any atom is 0.223 e. The van der Waals surface area contributed by atoms with E-state index < -0.39 is 0 Å². The van der Waals surface area contributed by atoms with Crippen LogP contribution in [0.5, 0.6) is 0 Å². The second kappa shape index (κ2) is 6.11. The van der Waals surface area contributed by atoms with Crippen molar-refractivity contribution in [1.82, 2.24) is 14.9 Å². The predicted molar refractivity (Wildman–Crippen MR) is 106 cm³/mol. The van der Waals surface area contributed by atoms with Gasteiger partial charge in [0.2, 0.25) is 5.91 Å². The zero-order valence-corrected chi connectivity index (χ0v) is 16.3. The SMILES string of the molecule is CC(=O)Nc1nc2c(s1)CCN(C1(c3ccc4scnc4c3)CC1)CC2. The molecule has 1 aliphatic carbocycles. The van der Waals surface area contributed by atoms with Gasteiger partial charge in [0.15, 0.2) is 5.13 Å². The van der Waals surface area contributed by atoms with Crippen molar-refractivity contribution in [2.45, 2.75) is 38.1 Å². The van der Waals surface area contributed by atoms with Crippen LogP contribution in [-0.2, 0) is 23.2 Å². The van der Waals surface area contributed by atoms with E-state index in [-0.39, 0.29) is 11.4 Å². The summed E-state index contributed by atoms with van der Waals surface area (Å²) >= 11 is 3.33. The molecule has 5 rings (SSSR count). The highest BCUT2D eigenvalue weighted by atomic mass is 32.1. The predicted octanol–water partition coefficient (Wildman–Crippen LogP) is 3.80. The summed E-state index contributed by atoms with van der Waals surface area (Å²) in [6.45, 7) is 3.60. The van der Waals surface area contributed by atoms with Crippen LogP contribution in [0.15, 0.2) is 23.7 Å². The van der Waals surface area contributed by atoms with Crippen LogP contribution in [0.4, 0.5) is 5.13 Å². The monoisotopic (exact) mass is 384 g/mol. The van der Waals surface area contributed by atoms with Crippen molar-refractivity contribution in [1.29, 1.82) is 0 Å². The van der Waals surface area contributed by atoms with Crippen LogP contribution in [0, 0.1) is 0 Å². The highest BCUT2D eigenvalue weighted by Gasteiger charge is 2.49. The van der Waals surface area contributed by atoms with Gasteiger partial charge < -0.3 is 5.32 Å². The molecule has 7 heteroatoms. The van der Waals surface area contributed by atoms with Crippen LogP contribution < -0.4 is 5.32 Å². The van der Waals surface area contributed by atoms with E-state index in [1.165, 1.54) is 34.9 Å². The van der Waals surface area contributed by atoms with Gasteiger partial charge in [-0.05, 0) is 37.0 Å². The van der Waals surface area contributed by atoms with Gasteiger partial charge in [-0.15, -0.1) is 22.7 Å². The summed E-state index contributed by atoms with van der Waals surface area (Å²) in [4.78, 5) is 24.4. The highest BCUT2D eigenvalue weighted by Crippen LogP contribution is 2.52. The van der Waals surface area contributed by atoms with Crippen molar-refractivity contribution in [2.24, 2.45) is 0 Å². The Labute approximate surface area is 160 Å². The summed E-state index contributed by atoms with van der Waals surface area (Å²) in [5, 5.41) is 3.57. The Balaban J connectivity index is 1.37. The van der Waals surface area contributed by atoms with Gasteiger partial charge in [0.05, 0.1) is 21.4 Å². The van der Waals surface area contributed by atoms with Crippen LogP contribution in [-0.4, -0.2) is 33.9 Å². The van der Waals surface area contributed by atoms with E-state index in [1.807, 2.05) is 5.51 Å². The zero-order valence-electron chi connectivity index (χ0n) is 14.6. The van der Waals surface area contributed by atoms with Gasteiger partial charge in [-0.1, -0.05) is 6.07 Å². The number of carbonyl (C=O) groups is 1. The summed E-state index contributed by atoms with van der Waals surface area (Å²) in [6.07, 6.45) is 4.40. The number of amides is 1. The lowest BCUT2D eigenvalue weighted by molar-refractivity contribution is -0.114. The zero-order chi connectivity index (χ0) is 17.7. The van der Waals surface area contributed by atoms with Crippen molar-refractivity contribution in [3.8, 4) is 0 Å². The summed E-state index contributed by atoms with van der Waals surface area (Å²) in [5.41, 5.74) is 5.80. The van der Waals surface area contributed by atoms with E-state index in [0.717, 1.165) is 42.3 Å². The summed E-state index contributed by atoms with van der Waals surface area (Å²) in [5.74, 6) is -0.0510. The molecular weight excluding hydrogens is 364 g/mol. The second-order valence-electron chi connectivity index (χ2n) is 7.12. The Hall–Kier alpha value is -1.83. The minimum absolute atomic E-state index is 0.0510. The number of carbonyl (C=O) groups excluding carboxylic acids is 1. The Bertz CT molecular complexity index is 963. The first-order valence-corrected chi connectivity index (χ1v) is 10.7. The molecule has 2 aromatic heterocycles. The molecule has 1 aromatic carbocycles. The van der Waals surface area contributed by atoms with Crippen molar-refractivity contribution in [2.75, 3.05) is 18.4 Å². The van der Waals surface area contributed by atoms with Gasteiger partial charge in [0.1, 0.15) is 0 Å². The van der Waals surface area contributed by atoms with Crippen LogP contribution >= 0.6 is 22.7 Å². The number of benzene rings is 1. The number of anilines is 1. The second-order valence-corrected chi connectivity index (χ2v) is 9.09. The third-order valence-electron chi connectivity index (χ3n) is 5.49. The Morgan fingerprint density at radius 2 is 2.12 bits per heavy atom. The molecule has 0 bridgehead atoms. The number of fused-ring (bicyclic) bond motifs is 2. The van der Waals surface area contributed by atoms with Gasteiger partial charge in [-0.3, -0.25) is 9.69 Å². The van der Waals surface area contributed by atoms with E-state index in [2.05, 4.69) is 38.4 Å². The lowest BCUT2D eigenvalue weighted by atomic mass is 10.0. The molecule has 0 atom stereocenters. The molecule has 1 fully saturated rings. The molecule has 5 nitrogen and oxygen atoms in total.